The van der Waals surface area contributed by atoms with Crippen LogP contribution >= 0.6 is 0 Å². The number of hydrogen-bond donors (Lipinski definition) is 1. The van der Waals surface area contributed by atoms with Crippen LogP contribution in [0.4, 0.5) is 4.79 Å². The fraction of sp³-hybridized carbons (Fsp3) is 0.769. The van der Waals surface area contributed by atoms with Crippen LogP contribution in [0.3, 0.4) is 0 Å². The van der Waals surface area contributed by atoms with E-state index in [0.29, 0.717) is 6.54 Å². The zero-order chi connectivity index (χ0) is 15.3. The quantitative estimate of drug-likeness (QED) is 0.804. The molecular weight excluding hydrogens is 262 g/mol. The number of nitrogens with zero attached hydrogens (tertiary/aromatic N) is 3. The highest BCUT2D eigenvalue weighted by Gasteiger charge is 2.40. The summed E-state index contributed by atoms with van der Waals surface area (Å²) in [5.41, 5.74) is 0. The smallest absolute Gasteiger partial charge is 0.320 e. The first-order valence-corrected chi connectivity index (χ1v) is 6.64. The predicted octanol–water partition coefficient (Wildman–Crippen LogP) is 0.762. The van der Waals surface area contributed by atoms with E-state index < -0.39 is 17.9 Å². The van der Waals surface area contributed by atoms with Gasteiger partial charge in [0.15, 0.2) is 0 Å². The van der Waals surface area contributed by atoms with Gasteiger partial charge in [0.1, 0.15) is 5.92 Å². The van der Waals surface area contributed by atoms with Crippen molar-refractivity contribution < 1.29 is 19.4 Å². The largest absolute Gasteiger partial charge is 0.481 e. The van der Waals surface area contributed by atoms with Crippen molar-refractivity contribution in [2.75, 3.05) is 26.8 Å². The van der Waals surface area contributed by atoms with Gasteiger partial charge in [0.2, 0.25) is 0 Å². The van der Waals surface area contributed by atoms with Crippen LogP contribution < -0.4 is 0 Å². The summed E-state index contributed by atoms with van der Waals surface area (Å²) in [5, 5.41) is 17.9. The van der Waals surface area contributed by atoms with Gasteiger partial charge < -0.3 is 19.6 Å². The van der Waals surface area contributed by atoms with Crippen LogP contribution in [0.5, 0.6) is 0 Å². The molecule has 7 heteroatoms. The van der Waals surface area contributed by atoms with Crippen molar-refractivity contribution in [2.45, 2.75) is 32.4 Å². The third-order valence-corrected chi connectivity index (χ3v) is 3.70. The topological polar surface area (TPSA) is 93.9 Å². The highest BCUT2D eigenvalue weighted by Crippen LogP contribution is 2.21. The Bertz CT molecular complexity index is 407. The number of nitriles is 1. The Morgan fingerprint density at radius 3 is 2.65 bits per heavy atom. The molecule has 0 aromatic carbocycles. The van der Waals surface area contributed by atoms with Crippen molar-refractivity contribution in [3.05, 3.63) is 0 Å². The van der Waals surface area contributed by atoms with Gasteiger partial charge in [-0.1, -0.05) is 0 Å². The number of carbonyl (C=O) groups excluding carboxylic acids is 1. The maximum absolute atomic E-state index is 12.4. The number of likely N-dealkylation sites (N-methyl/N-ethyl adjacent to an activating group) is 1. The number of amides is 2. The lowest BCUT2D eigenvalue weighted by Crippen LogP contribution is -2.52. The van der Waals surface area contributed by atoms with Gasteiger partial charge in [0.05, 0.1) is 31.7 Å². The maximum atomic E-state index is 12.4. The zero-order valence-corrected chi connectivity index (χ0v) is 12.1. The molecule has 1 aliphatic rings. The van der Waals surface area contributed by atoms with Gasteiger partial charge >= 0.3 is 12.0 Å². The van der Waals surface area contributed by atoms with E-state index in [-0.39, 0.29) is 31.7 Å². The van der Waals surface area contributed by atoms with E-state index in [4.69, 9.17) is 15.1 Å². The molecule has 1 fully saturated rings. The van der Waals surface area contributed by atoms with Crippen LogP contribution in [0.25, 0.3) is 0 Å². The number of rotatable bonds is 5. The van der Waals surface area contributed by atoms with Gasteiger partial charge in [-0.3, -0.25) is 4.79 Å². The van der Waals surface area contributed by atoms with Gasteiger partial charge in [-0.25, -0.2) is 4.79 Å². The summed E-state index contributed by atoms with van der Waals surface area (Å²) in [5.74, 6) is -1.65. The van der Waals surface area contributed by atoms with Crippen LogP contribution in [0, 0.1) is 17.2 Å². The van der Waals surface area contributed by atoms with Crippen LogP contribution in [0.1, 0.15) is 20.3 Å². The minimum atomic E-state index is -0.952. The Morgan fingerprint density at radius 2 is 2.15 bits per heavy atom. The van der Waals surface area contributed by atoms with E-state index in [1.165, 1.54) is 9.80 Å². The van der Waals surface area contributed by atoms with Gasteiger partial charge in [0, 0.05) is 19.6 Å². The van der Waals surface area contributed by atoms with Gasteiger partial charge in [-0.15, -0.1) is 0 Å². The Balaban J connectivity index is 2.82. The van der Waals surface area contributed by atoms with Gasteiger partial charge in [-0.2, -0.15) is 5.26 Å². The van der Waals surface area contributed by atoms with Crippen LogP contribution in [0.15, 0.2) is 0 Å². The molecule has 0 aromatic rings. The fourth-order valence-electron chi connectivity index (χ4n) is 2.26. The molecule has 3 atom stereocenters. The van der Waals surface area contributed by atoms with Gasteiger partial charge in [0.25, 0.3) is 0 Å². The molecule has 112 valence electrons. The number of carboxylic acid groups (broad SMARTS) is 1. The summed E-state index contributed by atoms with van der Waals surface area (Å²) in [6.45, 7) is 4.35. The van der Waals surface area contributed by atoms with Crippen LogP contribution in [-0.4, -0.2) is 65.8 Å². The molecule has 20 heavy (non-hydrogen) atoms. The third kappa shape index (κ3) is 3.39. The van der Waals surface area contributed by atoms with Crippen molar-refractivity contribution in [3.8, 4) is 6.07 Å². The molecule has 1 saturated heterocycles. The monoisotopic (exact) mass is 283 g/mol. The Morgan fingerprint density at radius 1 is 1.50 bits per heavy atom. The number of carboxylic acids is 1. The SMILES string of the molecule is CCN(C(=O)N(C)C(C)CC#N)C1COCC1C(=O)O. The maximum Gasteiger partial charge on any atom is 0.320 e. The van der Waals surface area contributed by atoms with Crippen molar-refractivity contribution in [2.24, 2.45) is 5.92 Å². The summed E-state index contributed by atoms with van der Waals surface area (Å²) >= 11 is 0. The first kappa shape index (κ1) is 16.2. The average Bonchev–Trinajstić information content (AvgIpc) is 2.88. The number of ether oxygens (including phenoxy) is 1. The van der Waals surface area contributed by atoms with E-state index in [1.807, 2.05) is 6.07 Å². The minimum Gasteiger partial charge on any atom is -0.481 e. The molecular formula is C13H21N3O4. The molecule has 1 heterocycles. The van der Waals surface area contributed by atoms with E-state index in [2.05, 4.69) is 0 Å². The molecule has 0 bridgehead atoms. The summed E-state index contributed by atoms with van der Waals surface area (Å²) in [7, 11) is 1.62. The van der Waals surface area contributed by atoms with Crippen molar-refractivity contribution >= 4 is 12.0 Å². The van der Waals surface area contributed by atoms with Crippen LogP contribution in [-0.2, 0) is 9.53 Å². The van der Waals surface area contributed by atoms with E-state index in [0.717, 1.165) is 0 Å². The second-order valence-corrected chi connectivity index (χ2v) is 4.94. The number of carbonyl (C=O) groups is 2. The Kier molecular flexibility index (Phi) is 5.77. The zero-order valence-electron chi connectivity index (χ0n) is 12.1. The summed E-state index contributed by atoms with van der Waals surface area (Å²) in [4.78, 5) is 26.6. The second kappa shape index (κ2) is 7.10. The number of aliphatic carboxylic acids is 1. The summed E-state index contributed by atoms with van der Waals surface area (Å²) < 4.78 is 5.21. The first-order chi connectivity index (χ1) is 9.43. The molecule has 3 unspecified atom stereocenters. The molecule has 1 N–H and O–H groups in total. The second-order valence-electron chi connectivity index (χ2n) is 4.94. The molecule has 0 radical (unpaired) electrons. The molecule has 0 aromatic heterocycles. The Labute approximate surface area is 118 Å². The van der Waals surface area contributed by atoms with Crippen LogP contribution in [0.2, 0.25) is 0 Å². The number of hydrogen-bond acceptors (Lipinski definition) is 4. The molecule has 0 spiro atoms. The lowest BCUT2D eigenvalue weighted by Gasteiger charge is -2.35. The molecule has 0 aliphatic carbocycles. The minimum absolute atomic E-state index is 0.126. The van der Waals surface area contributed by atoms with Crippen molar-refractivity contribution in [3.63, 3.8) is 0 Å². The van der Waals surface area contributed by atoms with Crippen molar-refractivity contribution in [1.82, 2.24) is 9.80 Å². The molecule has 1 aliphatic heterocycles. The van der Waals surface area contributed by atoms with Gasteiger partial charge in [-0.05, 0) is 13.8 Å². The molecule has 0 saturated carbocycles. The van der Waals surface area contributed by atoms with E-state index >= 15 is 0 Å². The summed E-state index contributed by atoms with van der Waals surface area (Å²) in [6, 6.07) is 1.09. The highest BCUT2D eigenvalue weighted by molar-refractivity contribution is 5.77. The third-order valence-electron chi connectivity index (χ3n) is 3.70. The highest BCUT2D eigenvalue weighted by atomic mass is 16.5. The molecule has 7 nitrogen and oxygen atoms in total. The first-order valence-electron chi connectivity index (χ1n) is 6.64. The Hall–Kier alpha value is -1.81. The lowest BCUT2D eigenvalue weighted by atomic mass is 10.0. The standard InChI is InChI=1S/C13H21N3O4/c1-4-16(11-8-20-7-10(11)12(17)18)13(19)15(3)9(2)5-6-14/h9-11H,4-5,7-8H2,1-3H3,(H,17,18). The fourth-order valence-corrected chi connectivity index (χ4v) is 2.26. The molecule has 2 amide bonds. The molecule has 1 rings (SSSR count). The van der Waals surface area contributed by atoms with E-state index in [9.17, 15) is 9.59 Å². The van der Waals surface area contributed by atoms with E-state index in [1.54, 1.807) is 20.9 Å². The predicted molar refractivity (Wildman–Crippen MR) is 71.0 cm³/mol. The normalized spacial score (nSPS) is 22.9. The number of urea groups is 1. The lowest BCUT2D eigenvalue weighted by molar-refractivity contribution is -0.142. The van der Waals surface area contributed by atoms with Crippen molar-refractivity contribution in [1.29, 1.82) is 5.26 Å². The summed E-state index contributed by atoms with van der Waals surface area (Å²) in [6.07, 6.45) is 0.239. The average molecular weight is 283 g/mol.